The number of methoxy groups -OCH3 is 1. The molecule has 23 heavy (non-hydrogen) atoms. The molecule has 0 aliphatic heterocycles. The molecule has 8 nitrogen and oxygen atoms in total. The first-order valence-electron chi connectivity index (χ1n) is 6.46. The number of thiocarbonyl (C=S) groups is 2. The van der Waals surface area contributed by atoms with E-state index in [1.807, 2.05) is 0 Å². The Bertz CT molecular complexity index is 609. The van der Waals surface area contributed by atoms with Gasteiger partial charge in [0.25, 0.3) is 0 Å². The van der Waals surface area contributed by atoms with Gasteiger partial charge in [0.1, 0.15) is 0 Å². The predicted octanol–water partition coefficient (Wildman–Crippen LogP) is 2.18. The lowest BCUT2D eigenvalue weighted by Gasteiger charge is -2.15. The molecule has 0 aliphatic rings. The van der Waals surface area contributed by atoms with Crippen LogP contribution in [0.3, 0.4) is 0 Å². The molecule has 0 radical (unpaired) electrons. The number of para-hydroxylation sites is 2. The number of ether oxygens (including phenoxy) is 2. The Balaban J connectivity index is 2.70. The van der Waals surface area contributed by atoms with Gasteiger partial charge in [0.15, 0.2) is 10.2 Å². The molecular weight excluding hydrogens is 340 g/mol. The molecule has 0 aliphatic carbocycles. The van der Waals surface area contributed by atoms with Gasteiger partial charge in [-0.05, 0) is 43.5 Å². The fourth-order valence-corrected chi connectivity index (χ4v) is 1.80. The molecule has 0 fully saturated rings. The summed E-state index contributed by atoms with van der Waals surface area (Å²) in [5.41, 5.74) is 1.09. The number of carbonyl (C=O) groups excluding carboxylic acids is 2. The quantitative estimate of drug-likeness (QED) is 0.612. The number of benzene rings is 1. The molecule has 0 atom stereocenters. The van der Waals surface area contributed by atoms with E-state index in [9.17, 15) is 9.59 Å². The summed E-state index contributed by atoms with van der Waals surface area (Å²) >= 11 is 10.00. The van der Waals surface area contributed by atoms with Gasteiger partial charge in [-0.25, -0.2) is 9.59 Å². The van der Waals surface area contributed by atoms with Crippen LogP contribution in [0.15, 0.2) is 24.3 Å². The number of anilines is 2. The minimum absolute atomic E-state index is 0.0513. The van der Waals surface area contributed by atoms with E-state index in [1.54, 1.807) is 31.2 Å². The summed E-state index contributed by atoms with van der Waals surface area (Å²) in [4.78, 5) is 22.4. The molecule has 0 aromatic heterocycles. The normalized spacial score (nSPS) is 9.30. The summed E-state index contributed by atoms with van der Waals surface area (Å²) in [7, 11) is 1.23. The van der Waals surface area contributed by atoms with E-state index in [0.717, 1.165) is 0 Å². The van der Waals surface area contributed by atoms with Crippen LogP contribution in [-0.4, -0.2) is 36.1 Å². The van der Waals surface area contributed by atoms with Gasteiger partial charge in [-0.2, -0.15) is 0 Å². The van der Waals surface area contributed by atoms with E-state index in [4.69, 9.17) is 29.2 Å². The highest BCUT2D eigenvalue weighted by atomic mass is 32.1. The summed E-state index contributed by atoms with van der Waals surface area (Å²) in [6, 6.07) is 6.94. The van der Waals surface area contributed by atoms with Gasteiger partial charge in [0.2, 0.25) is 0 Å². The number of hydrogen-bond acceptors (Lipinski definition) is 6. The van der Waals surface area contributed by atoms with Gasteiger partial charge >= 0.3 is 12.2 Å². The minimum atomic E-state index is -0.688. The fourth-order valence-electron chi connectivity index (χ4n) is 1.41. The van der Waals surface area contributed by atoms with E-state index < -0.39 is 12.2 Å². The van der Waals surface area contributed by atoms with Gasteiger partial charge in [-0.1, -0.05) is 12.1 Å². The van der Waals surface area contributed by atoms with Crippen molar-refractivity contribution < 1.29 is 19.1 Å². The van der Waals surface area contributed by atoms with E-state index in [1.165, 1.54) is 7.11 Å². The zero-order valence-corrected chi connectivity index (χ0v) is 14.1. The smallest absolute Gasteiger partial charge is 0.413 e. The summed E-state index contributed by atoms with van der Waals surface area (Å²) in [6.07, 6.45) is -1.34. The Morgan fingerprint density at radius 3 is 1.91 bits per heavy atom. The molecule has 124 valence electrons. The Labute approximate surface area is 143 Å². The third-order valence-electron chi connectivity index (χ3n) is 2.32. The van der Waals surface area contributed by atoms with Gasteiger partial charge in [0.05, 0.1) is 25.1 Å². The zero-order valence-electron chi connectivity index (χ0n) is 12.5. The Kier molecular flexibility index (Phi) is 7.71. The van der Waals surface area contributed by atoms with E-state index in [2.05, 4.69) is 26.0 Å². The molecule has 2 amide bonds. The van der Waals surface area contributed by atoms with Crippen molar-refractivity contribution in [3.05, 3.63) is 24.3 Å². The molecule has 0 saturated carbocycles. The van der Waals surface area contributed by atoms with E-state index in [-0.39, 0.29) is 16.8 Å². The second kappa shape index (κ2) is 9.54. The second-order valence-electron chi connectivity index (χ2n) is 3.92. The topological polar surface area (TPSA) is 101 Å². The molecule has 0 heterocycles. The van der Waals surface area contributed by atoms with Crippen molar-refractivity contribution in [2.45, 2.75) is 6.92 Å². The molecule has 10 heteroatoms. The highest BCUT2D eigenvalue weighted by molar-refractivity contribution is 7.80. The zero-order chi connectivity index (χ0) is 17.2. The van der Waals surface area contributed by atoms with Crippen LogP contribution in [0, 0.1) is 0 Å². The van der Waals surface area contributed by atoms with Crippen LogP contribution >= 0.6 is 24.4 Å². The fraction of sp³-hybridized carbons (Fsp3) is 0.231. The van der Waals surface area contributed by atoms with Crippen molar-refractivity contribution in [3.8, 4) is 0 Å². The van der Waals surface area contributed by atoms with Crippen molar-refractivity contribution in [1.29, 1.82) is 0 Å². The van der Waals surface area contributed by atoms with Crippen LogP contribution in [-0.2, 0) is 9.47 Å². The minimum Gasteiger partial charge on any atom is -0.453 e. The monoisotopic (exact) mass is 356 g/mol. The molecule has 1 rings (SSSR count). The average Bonchev–Trinajstić information content (AvgIpc) is 2.49. The first-order valence-corrected chi connectivity index (χ1v) is 7.27. The standard InChI is InChI=1S/C13H16N4O4S2/c1-3-21-13(19)17-11(23)15-9-7-5-4-6-8(9)14-10(22)16-12(18)20-2/h4-7H,3H2,1-2H3,(H2,14,16,18,22)(H2,15,17,19,23). The molecule has 0 spiro atoms. The van der Waals surface area contributed by atoms with Gasteiger partial charge in [-0.15, -0.1) is 0 Å². The van der Waals surface area contributed by atoms with Crippen molar-refractivity contribution >= 4 is 58.2 Å². The van der Waals surface area contributed by atoms with Gasteiger partial charge in [-0.3, -0.25) is 10.6 Å². The first kappa shape index (κ1) is 18.6. The van der Waals surface area contributed by atoms with Crippen LogP contribution < -0.4 is 21.3 Å². The number of alkyl carbamates (subject to hydrolysis) is 2. The lowest BCUT2D eigenvalue weighted by Crippen LogP contribution is -2.36. The SMILES string of the molecule is CCOC(=O)NC(=S)Nc1ccccc1NC(=S)NC(=O)OC. The van der Waals surface area contributed by atoms with Crippen LogP contribution in [0.25, 0.3) is 0 Å². The number of carbonyl (C=O) groups is 2. The Morgan fingerprint density at radius 2 is 1.48 bits per heavy atom. The first-order chi connectivity index (χ1) is 11.0. The van der Waals surface area contributed by atoms with E-state index in [0.29, 0.717) is 11.4 Å². The van der Waals surface area contributed by atoms with Gasteiger partial charge < -0.3 is 20.1 Å². The van der Waals surface area contributed by atoms with Crippen molar-refractivity contribution in [2.24, 2.45) is 0 Å². The molecule has 0 saturated heterocycles. The molecule has 1 aromatic carbocycles. The van der Waals surface area contributed by atoms with Gasteiger partial charge in [0, 0.05) is 0 Å². The lowest BCUT2D eigenvalue weighted by atomic mass is 10.2. The van der Waals surface area contributed by atoms with Crippen molar-refractivity contribution in [2.75, 3.05) is 24.4 Å². The maximum atomic E-state index is 11.3. The largest absolute Gasteiger partial charge is 0.453 e. The average molecular weight is 356 g/mol. The number of rotatable bonds is 3. The molecule has 4 N–H and O–H groups in total. The Morgan fingerprint density at radius 1 is 1.00 bits per heavy atom. The summed E-state index contributed by atoms with van der Waals surface area (Å²) in [5, 5.41) is 10.4. The number of nitrogens with one attached hydrogen (secondary N) is 4. The molecule has 1 aromatic rings. The maximum absolute atomic E-state index is 11.3. The maximum Gasteiger partial charge on any atom is 0.413 e. The third kappa shape index (κ3) is 6.89. The summed E-state index contributed by atoms with van der Waals surface area (Å²) in [6.45, 7) is 1.92. The van der Waals surface area contributed by atoms with E-state index >= 15 is 0 Å². The summed E-state index contributed by atoms with van der Waals surface area (Å²) < 4.78 is 9.17. The van der Waals surface area contributed by atoms with Crippen LogP contribution in [0.4, 0.5) is 21.0 Å². The highest BCUT2D eigenvalue weighted by Gasteiger charge is 2.09. The van der Waals surface area contributed by atoms with Crippen LogP contribution in [0.1, 0.15) is 6.92 Å². The number of amides is 2. The predicted molar refractivity (Wildman–Crippen MR) is 94.6 cm³/mol. The Hall–Kier alpha value is -2.46. The highest BCUT2D eigenvalue weighted by Crippen LogP contribution is 2.20. The molecule has 0 unspecified atom stereocenters. The van der Waals surface area contributed by atoms with Crippen molar-refractivity contribution in [1.82, 2.24) is 10.6 Å². The second-order valence-corrected chi connectivity index (χ2v) is 4.73. The number of hydrogen-bond donors (Lipinski definition) is 4. The van der Waals surface area contributed by atoms with Crippen LogP contribution in [0.5, 0.6) is 0 Å². The van der Waals surface area contributed by atoms with Crippen molar-refractivity contribution in [3.63, 3.8) is 0 Å². The lowest BCUT2D eigenvalue weighted by molar-refractivity contribution is 0.158. The molecule has 0 bridgehead atoms. The third-order valence-corrected chi connectivity index (χ3v) is 2.72. The summed E-state index contributed by atoms with van der Waals surface area (Å²) in [5.74, 6) is 0. The molecular formula is C13H16N4O4S2. The van der Waals surface area contributed by atoms with Crippen LogP contribution in [0.2, 0.25) is 0 Å².